The number of likely N-dealkylation sites (N-methyl/N-ethyl adjacent to an activating group) is 1. The van der Waals surface area contributed by atoms with Crippen LogP contribution in [-0.4, -0.2) is 74.2 Å². The van der Waals surface area contributed by atoms with Crippen LogP contribution in [0, 0.1) is 11.8 Å². The zero-order chi connectivity index (χ0) is 34.0. The van der Waals surface area contributed by atoms with Crippen LogP contribution in [0.5, 0.6) is 0 Å². The summed E-state index contributed by atoms with van der Waals surface area (Å²) in [5.74, 6) is 2.21. The van der Waals surface area contributed by atoms with E-state index >= 15 is 0 Å². The number of alkyl halides is 3. The molecule has 1 N–H and O–H groups in total. The highest BCUT2D eigenvalue weighted by molar-refractivity contribution is 6.10. The van der Waals surface area contributed by atoms with Crippen LogP contribution in [-0.2, 0) is 31.7 Å². The van der Waals surface area contributed by atoms with E-state index < -0.39 is 23.1 Å². The van der Waals surface area contributed by atoms with Gasteiger partial charge >= 0.3 is 6.18 Å². The van der Waals surface area contributed by atoms with Crippen molar-refractivity contribution in [2.75, 3.05) is 36.9 Å². The maximum Gasteiger partial charge on any atom is 0.416 e. The Hall–Kier alpha value is -3.51. The van der Waals surface area contributed by atoms with Gasteiger partial charge in [0.25, 0.3) is 5.91 Å². The fourth-order valence-electron chi connectivity index (χ4n) is 8.73. The van der Waals surface area contributed by atoms with E-state index in [1.807, 2.05) is 17.7 Å². The Labute approximate surface area is 280 Å². The molecule has 0 radical (unpaired) electrons. The summed E-state index contributed by atoms with van der Waals surface area (Å²) in [4.78, 5) is 25.1. The maximum atomic E-state index is 14.7. The Morgan fingerprint density at radius 3 is 2.46 bits per heavy atom. The van der Waals surface area contributed by atoms with E-state index in [9.17, 15) is 18.0 Å². The van der Waals surface area contributed by atoms with Gasteiger partial charge in [-0.2, -0.15) is 13.2 Å². The van der Waals surface area contributed by atoms with E-state index in [0.717, 1.165) is 69.5 Å². The summed E-state index contributed by atoms with van der Waals surface area (Å²) in [5, 5.41) is 12.3. The molecular weight excluding hydrogens is 617 g/mol. The minimum atomic E-state index is -4.60. The predicted octanol–water partition coefficient (Wildman–Crippen LogP) is 6.23. The van der Waals surface area contributed by atoms with E-state index in [0.29, 0.717) is 35.6 Å². The van der Waals surface area contributed by atoms with Gasteiger partial charge in [0, 0.05) is 50.9 Å². The van der Waals surface area contributed by atoms with Crippen LogP contribution in [0.4, 0.5) is 24.8 Å². The summed E-state index contributed by atoms with van der Waals surface area (Å²) in [5.41, 5.74) is 0.452. The predicted molar refractivity (Wildman–Crippen MR) is 179 cm³/mol. The summed E-state index contributed by atoms with van der Waals surface area (Å²) < 4.78 is 46.1. The standard InChI is InChI=1S/C36H47F3N8O/c1-22(2)30-20-44(4)10-11-46(30)18-24-12-27-28(29(13-24)36(37,38)39)19-47(33(27)48)32-15-25(14-31(42-32)41-26-8-6-7-9-26)35(16-23(3)17-35)34-43-40-21-45(34)5/h12-15,21-23,26,30H,6-11,16-20H2,1-5H3,(H,41,42)/t23-,30?,35+. The third-order valence-electron chi connectivity index (χ3n) is 11.2. The zero-order valence-corrected chi connectivity index (χ0v) is 28.6. The van der Waals surface area contributed by atoms with Crippen LogP contribution in [0.1, 0.15) is 97.7 Å². The van der Waals surface area contributed by atoms with Crippen molar-refractivity contribution in [3.05, 3.63) is 64.2 Å². The monoisotopic (exact) mass is 664 g/mol. The van der Waals surface area contributed by atoms with Crippen molar-refractivity contribution in [1.82, 2.24) is 29.5 Å². The SMILES string of the molecule is CC(C)C1CN(C)CCN1Cc1cc2c(c(C(F)(F)F)c1)CN(c1cc([C@]3(c4nncn4C)C[C@@H](C)C3)cc(NC3CCCC3)n1)C2=O. The molecule has 7 rings (SSSR count). The lowest BCUT2D eigenvalue weighted by atomic mass is 9.58. The lowest BCUT2D eigenvalue weighted by Crippen LogP contribution is -2.53. The first-order valence-corrected chi connectivity index (χ1v) is 17.4. The van der Waals surface area contributed by atoms with E-state index in [4.69, 9.17) is 4.98 Å². The highest BCUT2D eigenvalue weighted by atomic mass is 19.4. The van der Waals surface area contributed by atoms with E-state index in [2.05, 4.69) is 59.2 Å². The number of aryl methyl sites for hydroxylation is 1. The lowest BCUT2D eigenvalue weighted by molar-refractivity contribution is -0.138. The molecule has 1 atom stereocenters. The van der Waals surface area contributed by atoms with Crippen molar-refractivity contribution >= 4 is 17.5 Å². The molecule has 0 bridgehead atoms. The number of pyridine rings is 1. The highest BCUT2D eigenvalue weighted by Gasteiger charge is 2.49. The fourth-order valence-corrected chi connectivity index (χ4v) is 8.73. The van der Waals surface area contributed by atoms with E-state index in [1.165, 1.54) is 11.0 Å². The highest BCUT2D eigenvalue weighted by Crippen LogP contribution is 2.52. The van der Waals surface area contributed by atoms with Gasteiger partial charge in [-0.3, -0.25) is 14.6 Å². The molecule has 2 aliphatic carbocycles. The van der Waals surface area contributed by atoms with E-state index in [-0.39, 0.29) is 29.8 Å². The minimum absolute atomic E-state index is 0.0211. The number of nitrogens with one attached hydrogen (secondary N) is 1. The molecule has 1 aromatic carbocycles. The Morgan fingerprint density at radius 1 is 1.06 bits per heavy atom. The summed E-state index contributed by atoms with van der Waals surface area (Å²) in [6.45, 7) is 9.15. The first-order chi connectivity index (χ1) is 22.8. The average Bonchev–Trinajstić information content (AvgIpc) is 3.76. The van der Waals surface area contributed by atoms with Gasteiger partial charge in [0.05, 0.1) is 17.5 Å². The molecule has 9 nitrogen and oxygen atoms in total. The number of rotatable bonds is 8. The number of aromatic nitrogens is 4. The third kappa shape index (κ3) is 5.99. The molecule has 1 saturated heterocycles. The van der Waals surface area contributed by atoms with Crippen LogP contribution < -0.4 is 10.2 Å². The van der Waals surface area contributed by atoms with Gasteiger partial charge < -0.3 is 14.8 Å². The molecule has 3 aromatic rings. The third-order valence-corrected chi connectivity index (χ3v) is 11.2. The fraction of sp³-hybridized carbons (Fsp3) is 0.611. The molecule has 2 aromatic heterocycles. The van der Waals surface area contributed by atoms with Gasteiger partial charge in [-0.25, -0.2) is 4.98 Å². The first kappa shape index (κ1) is 33.0. The van der Waals surface area contributed by atoms with Crippen LogP contribution in [0.3, 0.4) is 0 Å². The molecule has 12 heteroatoms. The second-order valence-corrected chi connectivity index (χ2v) is 15.2. The normalized spacial score (nSPS) is 25.6. The summed E-state index contributed by atoms with van der Waals surface area (Å²) >= 11 is 0. The Bertz CT molecular complexity index is 1670. The van der Waals surface area contributed by atoms with Gasteiger partial charge in [0.15, 0.2) is 0 Å². The van der Waals surface area contributed by atoms with Gasteiger partial charge in [-0.1, -0.05) is 33.6 Å². The number of carbonyl (C=O) groups excluding carboxylic acids is 1. The Balaban J connectivity index is 1.27. The smallest absolute Gasteiger partial charge is 0.367 e. The molecule has 4 heterocycles. The number of benzene rings is 1. The van der Waals surface area contributed by atoms with E-state index in [1.54, 1.807) is 12.4 Å². The van der Waals surface area contributed by atoms with Crippen molar-refractivity contribution in [1.29, 1.82) is 0 Å². The summed E-state index contributed by atoms with van der Waals surface area (Å²) in [6, 6.07) is 7.39. The molecule has 3 fully saturated rings. The maximum absolute atomic E-state index is 14.7. The Kier molecular flexibility index (Phi) is 8.55. The van der Waals surface area contributed by atoms with Crippen LogP contribution in [0.2, 0.25) is 0 Å². The molecule has 2 aliphatic heterocycles. The largest absolute Gasteiger partial charge is 0.416 e. The van der Waals surface area contributed by atoms with Crippen LogP contribution in [0.15, 0.2) is 30.6 Å². The second kappa shape index (κ2) is 12.4. The topological polar surface area (TPSA) is 82.4 Å². The number of nitrogens with zero attached hydrogens (tertiary/aromatic N) is 7. The lowest BCUT2D eigenvalue weighted by Gasteiger charge is -2.46. The molecule has 2 saturated carbocycles. The molecule has 1 unspecified atom stereocenters. The van der Waals surface area contributed by atoms with Crippen molar-refractivity contribution in [3.8, 4) is 0 Å². The Morgan fingerprint density at radius 2 is 1.81 bits per heavy atom. The van der Waals surface area contributed by atoms with Gasteiger partial charge in [-0.15, -0.1) is 10.2 Å². The zero-order valence-electron chi connectivity index (χ0n) is 28.6. The molecule has 0 spiro atoms. The number of halogens is 3. The first-order valence-electron chi connectivity index (χ1n) is 17.4. The van der Waals surface area contributed by atoms with Gasteiger partial charge in [0.2, 0.25) is 0 Å². The second-order valence-electron chi connectivity index (χ2n) is 15.2. The molecule has 48 heavy (non-hydrogen) atoms. The molecule has 1 amide bonds. The number of hydrogen-bond donors (Lipinski definition) is 1. The summed E-state index contributed by atoms with van der Waals surface area (Å²) in [6.07, 6.45) is 3.14. The van der Waals surface area contributed by atoms with Crippen molar-refractivity contribution in [2.45, 2.75) is 96.1 Å². The van der Waals surface area contributed by atoms with Crippen molar-refractivity contribution in [3.63, 3.8) is 0 Å². The number of amides is 1. The number of fused-ring (bicyclic) bond motifs is 1. The molecule has 258 valence electrons. The van der Waals surface area contributed by atoms with Crippen LogP contribution >= 0.6 is 0 Å². The number of piperazine rings is 1. The number of anilines is 2. The van der Waals surface area contributed by atoms with Crippen molar-refractivity contribution in [2.24, 2.45) is 18.9 Å². The number of carbonyl (C=O) groups is 1. The molecule has 4 aliphatic rings. The van der Waals surface area contributed by atoms with Crippen molar-refractivity contribution < 1.29 is 18.0 Å². The average molecular weight is 665 g/mol. The molecular formula is C36H47F3N8O. The quantitative estimate of drug-likeness (QED) is 0.306. The summed E-state index contributed by atoms with van der Waals surface area (Å²) in [7, 11) is 4.01. The van der Waals surface area contributed by atoms with Crippen LogP contribution in [0.25, 0.3) is 0 Å². The van der Waals surface area contributed by atoms with Gasteiger partial charge in [0.1, 0.15) is 23.8 Å². The minimum Gasteiger partial charge on any atom is -0.367 e. The number of hydrogen-bond acceptors (Lipinski definition) is 7. The van der Waals surface area contributed by atoms with Gasteiger partial charge in [-0.05, 0) is 85.5 Å².